The first-order valence-electron chi connectivity index (χ1n) is 23.1. The van der Waals surface area contributed by atoms with Gasteiger partial charge in [0, 0.05) is 64.2 Å². The van der Waals surface area contributed by atoms with E-state index in [0.29, 0.717) is 44.5 Å². The summed E-state index contributed by atoms with van der Waals surface area (Å²) in [6, 6.07) is 17.7. The van der Waals surface area contributed by atoms with Crippen LogP contribution in [-0.2, 0) is 32.0 Å². The number of thiol groups is 1. The van der Waals surface area contributed by atoms with E-state index >= 15 is 0 Å². The molecule has 0 fully saturated rings. The molecule has 0 aliphatic carbocycles. The Balaban J connectivity index is -0.000000467. The van der Waals surface area contributed by atoms with Crippen LogP contribution in [-0.4, -0.2) is 74.6 Å². The van der Waals surface area contributed by atoms with Gasteiger partial charge in [0.2, 0.25) is 0 Å². The van der Waals surface area contributed by atoms with Crippen molar-refractivity contribution in [2.75, 3.05) is 0 Å². The van der Waals surface area contributed by atoms with Crippen molar-refractivity contribution in [1.82, 2.24) is 0 Å². The second-order valence-corrected chi connectivity index (χ2v) is 23.2. The maximum atomic E-state index is 11.5. The summed E-state index contributed by atoms with van der Waals surface area (Å²) in [7, 11) is 4.34. The molecule has 5 aromatic rings. The van der Waals surface area contributed by atoms with Crippen LogP contribution in [0.2, 0.25) is 0 Å². The van der Waals surface area contributed by atoms with Crippen molar-refractivity contribution >= 4 is 173 Å². The van der Waals surface area contributed by atoms with Gasteiger partial charge < -0.3 is 30.0 Å². The van der Waals surface area contributed by atoms with E-state index in [2.05, 4.69) is 201 Å². The zero-order valence-electron chi connectivity index (χ0n) is 47.2. The number of terminal acetylenes is 1. The van der Waals surface area contributed by atoms with Gasteiger partial charge in [-0.05, 0) is 213 Å². The molecule has 0 bridgehead atoms. The molecule has 0 unspecified atom stereocenters. The fraction of sp³-hybridized carbons (Fsp3) is 0.183. The Morgan fingerprint density at radius 2 is 0.943 bits per heavy atom. The van der Waals surface area contributed by atoms with Crippen molar-refractivity contribution in [2.24, 2.45) is 4.30 Å². The zero-order chi connectivity index (χ0) is 67.0. The molecule has 5 rings (SSSR count). The number of esters is 2. The van der Waals surface area contributed by atoms with Gasteiger partial charge in [0.05, 0.1) is 26.0 Å². The molecule has 0 atom stereocenters. The summed E-state index contributed by atoms with van der Waals surface area (Å²) in [5.74, 6) is 26.1. The number of phenolic OH excluding ortho intramolecular Hbond substituents is 3. The molecule has 4 N–H and O–H groups in total. The van der Waals surface area contributed by atoms with Crippen LogP contribution in [0.15, 0.2) is 93.4 Å². The molecular weight excluding hydrogens is 1700 g/mol. The number of carbonyl (C=O) groups is 7. The summed E-state index contributed by atoms with van der Waals surface area (Å²) in [4.78, 5) is 85.3. The molecule has 87 heavy (non-hydrogen) atoms. The van der Waals surface area contributed by atoms with Crippen LogP contribution in [0.4, 0.5) is 0 Å². The molecule has 0 aliphatic heterocycles. The van der Waals surface area contributed by atoms with Gasteiger partial charge in [-0.25, -0.2) is 0 Å². The van der Waals surface area contributed by atoms with Gasteiger partial charge in [-0.1, -0.05) is 108 Å². The average molecular weight is 1750 g/mol. The van der Waals surface area contributed by atoms with Gasteiger partial charge in [-0.3, -0.25) is 33.6 Å². The molecule has 2 radical (unpaired) electrons. The second-order valence-electron chi connectivity index (χ2n) is 15.6. The fourth-order valence-corrected chi connectivity index (χ4v) is 8.60. The van der Waals surface area contributed by atoms with Gasteiger partial charge in [0.1, 0.15) is 28.7 Å². The van der Waals surface area contributed by atoms with Crippen molar-refractivity contribution in [2.45, 2.75) is 73.0 Å². The maximum absolute atomic E-state index is 11.5. The summed E-state index contributed by atoms with van der Waals surface area (Å²) >= 11 is 26.2. The predicted octanol–water partition coefficient (Wildman–Crippen LogP) is 15.0. The molecule has 0 amide bonds. The first-order valence-corrected chi connectivity index (χ1v) is 29.3. The van der Waals surface area contributed by atoms with E-state index in [1.165, 1.54) is 59.7 Å². The van der Waals surface area contributed by atoms with Crippen LogP contribution >= 0.6 is 124 Å². The number of carbonyl (C=O) groups excluding carboxylic acids is 7. The Kier molecular flexibility index (Phi) is 48.7. The normalized spacial score (nSPS) is 8.52. The Morgan fingerprint density at radius 3 is 1.30 bits per heavy atom. The Hall–Kier alpha value is -6.33. The molecule has 0 aliphatic rings. The Labute approximate surface area is 585 Å². The number of nitrogens with zero attached hydrogens (tertiary/aromatic N) is 2. The predicted molar refractivity (Wildman–Crippen MR) is 358 cm³/mol. The molecule has 458 valence electrons. The topological polar surface area (TPSA) is 274 Å². The van der Waals surface area contributed by atoms with Crippen molar-refractivity contribution in [3.63, 3.8) is 0 Å². The average Bonchev–Trinajstić information content (AvgIpc) is 3.29. The van der Waals surface area contributed by atoms with Gasteiger partial charge in [0.25, 0.3) is 5.09 Å². The number of rotatable bonds is 8. The van der Waals surface area contributed by atoms with Crippen molar-refractivity contribution in [3.05, 3.63) is 149 Å². The second kappa shape index (κ2) is 48.6. The van der Waals surface area contributed by atoms with E-state index in [0.717, 1.165) is 40.1 Å². The van der Waals surface area contributed by atoms with Gasteiger partial charge in [0.15, 0.2) is 29.4 Å². The van der Waals surface area contributed by atoms with E-state index in [1.54, 1.807) is 49.4 Å². The zero-order valence-corrected chi connectivity index (χ0v) is 60.7. The SMILES string of the molecule is C#CC#CC#CC#CC#CC#CC.CC(=O)Oc1cc(Br)c(C(Br)Br)cc1C(C)=O.CC(=O)Oc1cc(Br)c(C)cc1C(C)=O.CC(=O)c1cc(C)c(Br)cc1O.CC(=O)c1cc(C=O)c(Br)cc1O.Cc1ccc(O)cc1Br.O=[N+]([O-])O.[Ag].[B]=NS. The first kappa shape index (κ1) is 87.1. The van der Waals surface area contributed by atoms with Crippen LogP contribution in [0.3, 0.4) is 0 Å². The number of aryl methyl sites for hydroxylation is 3. The number of alkyl halides is 2. The standard InChI is InChI=1S/C13H4.C11H9Br3O3.C11H11BrO3.C9H7BrO3.C9H9BrO2.C7H7BrO.Ag.BHNS.HNO3/c1-3-5-7-9-11-13-12-10-8-6-4-2;1-5(15)7-3-8(11(13)14)9(12)4-10(7)17-6(2)16;1-6-4-9(7(2)13)11(5-10(6)12)15-8(3)14;1-5(12)7-2-6(4-11)8(10)3-9(7)13;1-5-3-7(6(2)11)9(12)4-8(5)10;1-5-2-3-6(9)4-7(5)8;;1-2-3;2-1(3)4/h1H,2H3;3-4,11H,1-2H3;4-5H,1-3H3;2-4,13H,1H3;3-4,12H,1-2H3;2-4,9H,1H3;;3H;(H,2,3,4). The number of halogens is 7. The summed E-state index contributed by atoms with van der Waals surface area (Å²) in [5.41, 5.74) is 5.53. The summed E-state index contributed by atoms with van der Waals surface area (Å²) < 4.78 is 16.4. The monoisotopic (exact) mass is 1740 g/mol. The minimum absolute atomic E-state index is 0. The van der Waals surface area contributed by atoms with E-state index in [1.807, 2.05) is 26.8 Å². The van der Waals surface area contributed by atoms with Crippen molar-refractivity contribution in [3.8, 4) is 100 Å². The van der Waals surface area contributed by atoms with Crippen LogP contribution in [0, 0.1) is 102 Å². The molecule has 0 heterocycles. The molecule has 5 aromatic carbocycles. The molecule has 0 saturated heterocycles. The number of ketones is 4. The number of ether oxygens (including phenoxy) is 2. The van der Waals surface area contributed by atoms with Crippen LogP contribution < -0.4 is 9.47 Å². The third-order valence-corrected chi connectivity index (χ3v) is 13.9. The summed E-state index contributed by atoms with van der Waals surface area (Å²) in [5, 5.41) is 41.2. The number of phenols is 3. The van der Waals surface area contributed by atoms with E-state index in [-0.39, 0.29) is 72.1 Å². The van der Waals surface area contributed by atoms with Gasteiger partial charge in [-0.2, -0.15) is 0 Å². The van der Waals surface area contributed by atoms with Crippen molar-refractivity contribution in [1.29, 1.82) is 0 Å². The summed E-state index contributed by atoms with van der Waals surface area (Å²) in [6.45, 7) is 15.7. The third-order valence-electron chi connectivity index (χ3n) is 8.99. The van der Waals surface area contributed by atoms with Gasteiger partial charge in [-0.15, -0.1) is 16.5 Å². The number of aromatic hydroxyl groups is 3. The van der Waals surface area contributed by atoms with E-state index in [9.17, 15) is 43.8 Å². The van der Waals surface area contributed by atoms with E-state index < -0.39 is 17.0 Å². The number of Topliss-reactive ketones (excluding diaryl/α,β-unsaturated/α-hetero) is 4. The van der Waals surface area contributed by atoms with Crippen molar-refractivity contribution < 1.29 is 91.0 Å². The Bertz CT molecular complexity index is 3700. The Morgan fingerprint density at radius 1 is 0.598 bits per heavy atom. The number of benzene rings is 5. The molecule has 0 saturated carbocycles. The molecular formula is C60H49AgBBr7N2O15S. The molecule has 17 nitrogen and oxygen atoms in total. The van der Waals surface area contributed by atoms with Crippen LogP contribution in [0.5, 0.6) is 28.7 Å². The van der Waals surface area contributed by atoms with Crippen LogP contribution in [0.25, 0.3) is 0 Å². The van der Waals surface area contributed by atoms with Gasteiger partial charge >= 0.3 is 36.7 Å². The van der Waals surface area contributed by atoms with E-state index in [4.69, 9.17) is 36.3 Å². The molecule has 0 spiro atoms. The number of hydrogen-bond donors (Lipinski definition) is 5. The minimum atomic E-state index is -1.50. The quantitative estimate of drug-likeness (QED) is 0.00923. The fourth-order valence-electron chi connectivity index (χ4n) is 5.23. The van der Waals surface area contributed by atoms with Crippen LogP contribution in [0.1, 0.15) is 126 Å². The number of aldehydes is 1. The molecule has 0 aromatic heterocycles. The summed E-state index contributed by atoms with van der Waals surface area (Å²) in [6.07, 6.45) is 5.48. The molecule has 27 heteroatoms. The first-order chi connectivity index (χ1) is 40.1. The third kappa shape index (κ3) is 39.2. The number of hydrogen-bond acceptors (Lipinski definition) is 16.